The van der Waals surface area contributed by atoms with E-state index in [1.54, 1.807) is 6.33 Å². The molecule has 3 nitrogen and oxygen atoms in total. The zero-order valence-electron chi connectivity index (χ0n) is 13.4. The van der Waals surface area contributed by atoms with Gasteiger partial charge in [-0.1, -0.05) is 37.3 Å². The Balaban J connectivity index is 1.58. The predicted octanol–water partition coefficient (Wildman–Crippen LogP) is 4.47. The highest BCUT2D eigenvalue weighted by atomic mass is 32.1. The normalized spacial score (nSPS) is 17.2. The van der Waals surface area contributed by atoms with Gasteiger partial charge in [0.2, 0.25) is 0 Å². The first kappa shape index (κ1) is 14.6. The second-order valence-electron chi connectivity index (χ2n) is 6.42. The molecule has 2 aromatic heterocycles. The number of aromatic nitrogens is 2. The summed E-state index contributed by atoms with van der Waals surface area (Å²) in [6, 6.07) is 10.6. The van der Waals surface area contributed by atoms with Crippen molar-refractivity contribution in [3.05, 3.63) is 52.7 Å². The van der Waals surface area contributed by atoms with Crippen molar-refractivity contribution in [3.8, 4) is 0 Å². The van der Waals surface area contributed by atoms with Crippen LogP contribution in [0, 0.1) is 5.92 Å². The van der Waals surface area contributed by atoms with E-state index in [1.165, 1.54) is 34.2 Å². The van der Waals surface area contributed by atoms with E-state index in [-0.39, 0.29) is 0 Å². The maximum atomic E-state index is 4.53. The molecule has 0 saturated heterocycles. The van der Waals surface area contributed by atoms with E-state index in [9.17, 15) is 0 Å². The molecule has 1 atom stereocenters. The van der Waals surface area contributed by atoms with Crippen molar-refractivity contribution in [1.82, 2.24) is 9.97 Å². The molecule has 4 rings (SSSR count). The number of nitrogens with one attached hydrogen (secondary N) is 1. The van der Waals surface area contributed by atoms with Crippen LogP contribution in [0.4, 0.5) is 5.82 Å². The molecule has 0 saturated carbocycles. The van der Waals surface area contributed by atoms with E-state index in [4.69, 9.17) is 0 Å². The third-order valence-electron chi connectivity index (χ3n) is 4.64. The lowest BCUT2D eigenvalue weighted by Crippen LogP contribution is -2.11. The molecule has 23 heavy (non-hydrogen) atoms. The van der Waals surface area contributed by atoms with Gasteiger partial charge in [-0.15, -0.1) is 11.3 Å². The first-order valence-corrected chi connectivity index (χ1v) is 9.16. The number of hydrogen-bond acceptors (Lipinski definition) is 4. The van der Waals surface area contributed by atoms with Gasteiger partial charge in [-0.05, 0) is 42.7 Å². The third-order valence-corrected chi connectivity index (χ3v) is 5.84. The molecule has 0 spiro atoms. The number of rotatable bonds is 4. The summed E-state index contributed by atoms with van der Waals surface area (Å²) in [6.45, 7) is 3.25. The molecule has 0 radical (unpaired) electrons. The largest absolute Gasteiger partial charge is 0.369 e. The van der Waals surface area contributed by atoms with Crippen LogP contribution in [0.25, 0.3) is 10.2 Å². The summed E-state index contributed by atoms with van der Waals surface area (Å²) in [5, 5.41) is 4.81. The lowest BCUT2D eigenvalue weighted by Gasteiger charge is -2.18. The minimum atomic E-state index is 0.762. The molecule has 1 N–H and O–H groups in total. The molecule has 118 valence electrons. The molecule has 0 bridgehead atoms. The molecule has 1 aromatic carbocycles. The van der Waals surface area contributed by atoms with Crippen LogP contribution in [0.5, 0.6) is 0 Å². The summed E-state index contributed by atoms with van der Waals surface area (Å²) in [4.78, 5) is 11.7. The summed E-state index contributed by atoms with van der Waals surface area (Å²) < 4.78 is 0. The Bertz CT molecular complexity index is 810. The first-order chi connectivity index (χ1) is 11.3. The van der Waals surface area contributed by atoms with E-state index < -0.39 is 0 Å². The minimum Gasteiger partial charge on any atom is -0.369 e. The van der Waals surface area contributed by atoms with E-state index in [2.05, 4.69) is 52.5 Å². The van der Waals surface area contributed by atoms with Gasteiger partial charge >= 0.3 is 0 Å². The number of hydrogen-bond donors (Lipinski definition) is 1. The number of anilines is 1. The number of nitrogens with zero attached hydrogens (tertiary/aromatic N) is 2. The van der Waals surface area contributed by atoms with Crippen LogP contribution in [0.3, 0.4) is 0 Å². The Kier molecular flexibility index (Phi) is 4.00. The Morgan fingerprint density at radius 3 is 2.96 bits per heavy atom. The van der Waals surface area contributed by atoms with E-state index in [0.717, 1.165) is 36.0 Å². The quantitative estimate of drug-likeness (QED) is 0.770. The second kappa shape index (κ2) is 6.28. The van der Waals surface area contributed by atoms with Gasteiger partial charge in [-0.3, -0.25) is 0 Å². The minimum absolute atomic E-state index is 0.762. The van der Waals surface area contributed by atoms with Gasteiger partial charge in [0.1, 0.15) is 17.0 Å². The van der Waals surface area contributed by atoms with Gasteiger partial charge in [-0.25, -0.2) is 9.97 Å². The fourth-order valence-electron chi connectivity index (χ4n) is 3.39. The van der Waals surface area contributed by atoms with Crippen molar-refractivity contribution >= 4 is 27.4 Å². The highest BCUT2D eigenvalue weighted by molar-refractivity contribution is 7.19. The monoisotopic (exact) mass is 323 g/mol. The standard InChI is InChI=1S/C19H21N3S/c1-13-7-8-16-15(11-13)17-18(21-12-22-19(17)23-16)20-10-9-14-5-3-2-4-6-14/h2-6,12-13H,7-11H2,1H3,(H,20,21,22)/t13-/m0/s1. The number of fused-ring (bicyclic) bond motifs is 3. The van der Waals surface area contributed by atoms with Crippen molar-refractivity contribution in [2.45, 2.75) is 32.6 Å². The van der Waals surface area contributed by atoms with Gasteiger partial charge in [0, 0.05) is 11.4 Å². The molecule has 0 fully saturated rings. The van der Waals surface area contributed by atoms with E-state index in [0.29, 0.717) is 0 Å². The Morgan fingerprint density at radius 2 is 2.09 bits per heavy atom. The van der Waals surface area contributed by atoms with E-state index >= 15 is 0 Å². The van der Waals surface area contributed by atoms with Crippen molar-refractivity contribution in [2.75, 3.05) is 11.9 Å². The van der Waals surface area contributed by atoms with Crippen molar-refractivity contribution in [1.29, 1.82) is 0 Å². The van der Waals surface area contributed by atoms with Gasteiger partial charge < -0.3 is 5.32 Å². The zero-order chi connectivity index (χ0) is 15.6. The summed E-state index contributed by atoms with van der Waals surface area (Å²) in [5.74, 6) is 1.77. The fourth-order valence-corrected chi connectivity index (χ4v) is 4.57. The summed E-state index contributed by atoms with van der Waals surface area (Å²) >= 11 is 1.85. The lowest BCUT2D eigenvalue weighted by atomic mass is 9.88. The van der Waals surface area contributed by atoms with Gasteiger partial charge in [0.05, 0.1) is 5.39 Å². The van der Waals surface area contributed by atoms with E-state index in [1.807, 2.05) is 11.3 Å². The second-order valence-corrected chi connectivity index (χ2v) is 7.50. The average Bonchev–Trinajstić information content (AvgIpc) is 2.94. The smallest absolute Gasteiger partial charge is 0.138 e. The SMILES string of the molecule is C[C@H]1CCc2sc3ncnc(NCCc4ccccc4)c3c2C1. The molecule has 0 unspecified atom stereocenters. The Labute approximate surface area is 140 Å². The molecular weight excluding hydrogens is 302 g/mol. The molecular formula is C19H21N3S. The van der Waals surface area contributed by atoms with Crippen LogP contribution < -0.4 is 5.32 Å². The van der Waals surface area contributed by atoms with Crippen molar-refractivity contribution < 1.29 is 0 Å². The maximum absolute atomic E-state index is 4.53. The Hall–Kier alpha value is -1.94. The first-order valence-electron chi connectivity index (χ1n) is 8.34. The number of benzene rings is 1. The molecule has 0 aliphatic heterocycles. The molecule has 1 aliphatic carbocycles. The lowest BCUT2D eigenvalue weighted by molar-refractivity contribution is 0.508. The summed E-state index contributed by atoms with van der Waals surface area (Å²) in [6.07, 6.45) is 6.36. The third kappa shape index (κ3) is 2.95. The number of aryl methyl sites for hydroxylation is 1. The average molecular weight is 323 g/mol. The van der Waals surface area contributed by atoms with Crippen LogP contribution in [0.1, 0.15) is 29.3 Å². The van der Waals surface area contributed by atoms with Gasteiger partial charge in [-0.2, -0.15) is 0 Å². The fraction of sp³-hybridized carbons (Fsp3) is 0.368. The highest BCUT2D eigenvalue weighted by Gasteiger charge is 2.22. The van der Waals surface area contributed by atoms with Crippen molar-refractivity contribution in [2.24, 2.45) is 5.92 Å². The molecule has 0 amide bonds. The molecule has 3 aromatic rings. The van der Waals surface area contributed by atoms with Crippen LogP contribution in [-0.4, -0.2) is 16.5 Å². The van der Waals surface area contributed by atoms with Crippen LogP contribution >= 0.6 is 11.3 Å². The van der Waals surface area contributed by atoms with Crippen LogP contribution in [0.2, 0.25) is 0 Å². The van der Waals surface area contributed by atoms with Gasteiger partial charge in [0.15, 0.2) is 0 Å². The maximum Gasteiger partial charge on any atom is 0.138 e. The van der Waals surface area contributed by atoms with Crippen LogP contribution in [0.15, 0.2) is 36.7 Å². The Morgan fingerprint density at radius 1 is 1.22 bits per heavy atom. The zero-order valence-corrected chi connectivity index (χ0v) is 14.2. The van der Waals surface area contributed by atoms with Crippen molar-refractivity contribution in [3.63, 3.8) is 0 Å². The summed E-state index contributed by atoms with van der Waals surface area (Å²) in [5.41, 5.74) is 2.85. The van der Waals surface area contributed by atoms with Gasteiger partial charge in [0.25, 0.3) is 0 Å². The molecule has 4 heteroatoms. The van der Waals surface area contributed by atoms with Crippen LogP contribution in [-0.2, 0) is 19.3 Å². The summed E-state index contributed by atoms with van der Waals surface area (Å²) in [7, 11) is 0. The topological polar surface area (TPSA) is 37.8 Å². The molecule has 2 heterocycles. The predicted molar refractivity (Wildman–Crippen MR) is 97.2 cm³/mol. The number of thiophene rings is 1. The molecule has 1 aliphatic rings. The highest BCUT2D eigenvalue weighted by Crippen LogP contribution is 2.39.